The maximum atomic E-state index is 12.5. The second-order valence-electron chi connectivity index (χ2n) is 3.13. The van der Waals surface area contributed by atoms with Gasteiger partial charge in [-0.1, -0.05) is 0 Å². The third-order valence-corrected chi connectivity index (χ3v) is 2.00. The van der Waals surface area contributed by atoms with E-state index < -0.39 is 41.0 Å². The molecule has 4 nitrogen and oxygen atoms in total. The molecule has 1 N–H and O–H groups in total. The van der Waals surface area contributed by atoms with Crippen LogP contribution in [0.4, 0.5) is 22.0 Å². The van der Waals surface area contributed by atoms with Gasteiger partial charge in [-0.05, 0) is 6.07 Å². The fourth-order valence-electron chi connectivity index (χ4n) is 1.22. The van der Waals surface area contributed by atoms with Gasteiger partial charge in [0.15, 0.2) is 0 Å². The number of hydrogen-bond acceptors (Lipinski definition) is 3. The smallest absolute Gasteiger partial charge is 0.431 e. The lowest BCUT2D eigenvalue weighted by atomic mass is 10.1. The molecule has 1 aromatic rings. The summed E-state index contributed by atoms with van der Waals surface area (Å²) in [5, 5.41) is 0. The molecule has 0 fully saturated rings. The van der Waals surface area contributed by atoms with E-state index >= 15 is 0 Å². The van der Waals surface area contributed by atoms with E-state index in [-0.39, 0.29) is 6.07 Å². The number of H-pyrrole nitrogens is 1. The number of carbonyl (C=O) groups excluding carboxylic acids is 1. The van der Waals surface area contributed by atoms with Crippen LogP contribution in [0.1, 0.15) is 28.0 Å². The molecule has 0 aliphatic carbocycles. The van der Waals surface area contributed by atoms with E-state index in [0.717, 1.165) is 7.11 Å². The Hall–Kier alpha value is -1.93. The number of esters is 1. The maximum absolute atomic E-state index is 12.5. The monoisotopic (exact) mass is 271 g/mol. The van der Waals surface area contributed by atoms with Gasteiger partial charge in [-0.3, -0.25) is 4.79 Å². The first kappa shape index (κ1) is 14.1. The van der Waals surface area contributed by atoms with Crippen molar-refractivity contribution in [2.24, 2.45) is 0 Å². The summed E-state index contributed by atoms with van der Waals surface area (Å²) >= 11 is 0. The van der Waals surface area contributed by atoms with Crippen LogP contribution in [0.5, 0.6) is 0 Å². The normalized spacial score (nSPS) is 11.7. The van der Waals surface area contributed by atoms with Gasteiger partial charge in [0, 0.05) is 0 Å². The van der Waals surface area contributed by atoms with Gasteiger partial charge >= 0.3 is 12.1 Å². The Morgan fingerprint density at radius 3 is 2.33 bits per heavy atom. The largest absolute Gasteiger partial charge is 0.465 e. The predicted octanol–water partition coefficient (Wildman–Crippen LogP) is 2.12. The van der Waals surface area contributed by atoms with Crippen molar-refractivity contribution in [3.63, 3.8) is 0 Å². The van der Waals surface area contributed by atoms with Crippen LogP contribution in [-0.2, 0) is 10.9 Å². The third kappa shape index (κ3) is 2.66. The van der Waals surface area contributed by atoms with Gasteiger partial charge in [0.25, 0.3) is 12.0 Å². The fourth-order valence-corrected chi connectivity index (χ4v) is 1.22. The average molecular weight is 271 g/mol. The van der Waals surface area contributed by atoms with Crippen LogP contribution in [0.25, 0.3) is 0 Å². The summed E-state index contributed by atoms with van der Waals surface area (Å²) in [6, 6.07) is 0.120. The van der Waals surface area contributed by atoms with Gasteiger partial charge in [-0.2, -0.15) is 13.2 Å². The van der Waals surface area contributed by atoms with Crippen molar-refractivity contribution in [2.75, 3.05) is 7.11 Å². The quantitative estimate of drug-likeness (QED) is 0.662. The standard InChI is InChI=1S/C9H6F5NO3/c1-18-8(17)3-2-4(9(12,13)14)15-7(16)5(3)6(10)11/h2,6H,1H3,(H,15,16). The highest BCUT2D eigenvalue weighted by Gasteiger charge is 2.35. The molecule has 0 saturated heterocycles. The molecular formula is C9H6F5NO3. The number of ether oxygens (including phenoxy) is 1. The molecule has 0 aromatic carbocycles. The van der Waals surface area contributed by atoms with Crippen molar-refractivity contribution in [2.45, 2.75) is 12.6 Å². The van der Waals surface area contributed by atoms with Crippen LogP contribution in [0.2, 0.25) is 0 Å². The maximum Gasteiger partial charge on any atom is 0.431 e. The minimum absolute atomic E-state index is 0.120. The summed E-state index contributed by atoms with van der Waals surface area (Å²) in [6.07, 6.45) is -8.37. The Bertz CT molecular complexity index is 520. The molecule has 18 heavy (non-hydrogen) atoms. The van der Waals surface area contributed by atoms with Gasteiger partial charge in [0.05, 0.1) is 18.2 Å². The van der Waals surface area contributed by atoms with E-state index in [1.165, 1.54) is 4.98 Å². The molecule has 0 aliphatic rings. The van der Waals surface area contributed by atoms with Crippen LogP contribution in [0.3, 0.4) is 0 Å². The van der Waals surface area contributed by atoms with Crippen LogP contribution in [-0.4, -0.2) is 18.1 Å². The molecule has 0 spiro atoms. The van der Waals surface area contributed by atoms with Gasteiger partial charge in [0.1, 0.15) is 5.69 Å². The second-order valence-corrected chi connectivity index (χ2v) is 3.13. The SMILES string of the molecule is COC(=O)c1cc(C(F)(F)F)[nH]c(=O)c1C(F)F. The van der Waals surface area contributed by atoms with E-state index in [1.54, 1.807) is 0 Å². The lowest BCUT2D eigenvalue weighted by molar-refractivity contribution is -0.141. The van der Waals surface area contributed by atoms with Crippen molar-refractivity contribution in [1.29, 1.82) is 0 Å². The fraction of sp³-hybridized carbons (Fsp3) is 0.333. The molecular weight excluding hydrogens is 265 g/mol. The molecule has 0 aliphatic heterocycles. The van der Waals surface area contributed by atoms with Crippen LogP contribution in [0, 0.1) is 0 Å². The Labute approximate surface area is 96.4 Å². The summed E-state index contributed by atoms with van der Waals surface area (Å²) < 4.78 is 66.1. The molecule has 1 rings (SSSR count). The molecule has 0 bridgehead atoms. The Morgan fingerprint density at radius 2 is 1.94 bits per heavy atom. The molecule has 0 amide bonds. The molecule has 0 unspecified atom stereocenters. The van der Waals surface area contributed by atoms with Gasteiger partial charge in [-0.25, -0.2) is 13.6 Å². The number of alkyl halides is 5. The van der Waals surface area contributed by atoms with Crippen LogP contribution < -0.4 is 5.56 Å². The molecule has 0 atom stereocenters. The van der Waals surface area contributed by atoms with Crippen molar-refractivity contribution in [1.82, 2.24) is 4.98 Å². The van der Waals surface area contributed by atoms with Gasteiger partial charge < -0.3 is 9.72 Å². The molecule has 0 saturated carbocycles. The highest BCUT2D eigenvalue weighted by molar-refractivity contribution is 5.91. The lowest BCUT2D eigenvalue weighted by Crippen LogP contribution is -2.24. The van der Waals surface area contributed by atoms with E-state index in [9.17, 15) is 31.5 Å². The number of hydrogen-bond donors (Lipinski definition) is 1. The van der Waals surface area contributed by atoms with Crippen molar-refractivity contribution >= 4 is 5.97 Å². The Morgan fingerprint density at radius 1 is 1.39 bits per heavy atom. The Kier molecular flexibility index (Phi) is 3.73. The molecule has 9 heteroatoms. The number of aromatic amines is 1. The molecule has 100 valence electrons. The van der Waals surface area contributed by atoms with Crippen LogP contribution >= 0.6 is 0 Å². The number of rotatable bonds is 2. The second kappa shape index (κ2) is 4.75. The molecule has 1 aromatic heterocycles. The van der Waals surface area contributed by atoms with Crippen molar-refractivity contribution in [3.8, 4) is 0 Å². The number of carbonyl (C=O) groups is 1. The first-order chi connectivity index (χ1) is 8.18. The summed E-state index contributed by atoms with van der Waals surface area (Å²) in [5.74, 6) is -1.44. The van der Waals surface area contributed by atoms with Crippen molar-refractivity contribution in [3.05, 3.63) is 33.2 Å². The highest BCUT2D eigenvalue weighted by Crippen LogP contribution is 2.29. The summed E-state index contributed by atoms with van der Waals surface area (Å²) in [6.45, 7) is 0. The first-order valence-electron chi connectivity index (χ1n) is 4.39. The predicted molar refractivity (Wildman–Crippen MR) is 48.4 cm³/mol. The van der Waals surface area contributed by atoms with E-state index in [0.29, 0.717) is 0 Å². The molecule has 0 radical (unpaired) electrons. The van der Waals surface area contributed by atoms with E-state index in [2.05, 4.69) is 4.74 Å². The zero-order valence-electron chi connectivity index (χ0n) is 8.77. The number of methoxy groups -OCH3 is 1. The average Bonchev–Trinajstić information content (AvgIpc) is 2.25. The van der Waals surface area contributed by atoms with Gasteiger partial charge in [0.2, 0.25) is 0 Å². The number of nitrogens with one attached hydrogen (secondary N) is 1. The minimum atomic E-state index is -4.97. The zero-order valence-corrected chi connectivity index (χ0v) is 8.77. The van der Waals surface area contributed by atoms with E-state index in [1.807, 2.05) is 0 Å². The zero-order chi connectivity index (χ0) is 14.1. The lowest BCUT2D eigenvalue weighted by Gasteiger charge is -2.11. The number of aromatic nitrogens is 1. The topological polar surface area (TPSA) is 59.2 Å². The highest BCUT2D eigenvalue weighted by atomic mass is 19.4. The summed E-state index contributed by atoms with van der Waals surface area (Å²) in [7, 11) is 0.798. The van der Waals surface area contributed by atoms with Gasteiger partial charge in [-0.15, -0.1) is 0 Å². The minimum Gasteiger partial charge on any atom is -0.465 e. The third-order valence-electron chi connectivity index (χ3n) is 2.00. The summed E-state index contributed by atoms with van der Waals surface area (Å²) in [4.78, 5) is 23.5. The number of halogens is 5. The number of pyridine rings is 1. The van der Waals surface area contributed by atoms with Crippen LogP contribution in [0.15, 0.2) is 10.9 Å². The van der Waals surface area contributed by atoms with E-state index in [4.69, 9.17) is 0 Å². The Balaban J connectivity index is 3.58. The molecule has 1 heterocycles. The summed E-state index contributed by atoms with van der Waals surface area (Å²) in [5.41, 5.74) is -5.74. The first-order valence-corrected chi connectivity index (χ1v) is 4.39. The van der Waals surface area contributed by atoms with Crippen molar-refractivity contribution < 1.29 is 31.5 Å².